The predicted molar refractivity (Wildman–Crippen MR) is 94.0 cm³/mol. The van der Waals surface area contributed by atoms with Gasteiger partial charge in [0, 0.05) is 58.0 Å². The number of carbonyl (C=O) groups is 1. The van der Waals surface area contributed by atoms with E-state index in [1.807, 2.05) is 9.80 Å². The first-order chi connectivity index (χ1) is 11.2. The van der Waals surface area contributed by atoms with Crippen molar-refractivity contribution >= 4 is 11.7 Å². The smallest absolute Gasteiger partial charge is 0.320 e. The standard InChI is InChI=1S/C18H28N4O/c1-3-19-7-9-21(10-8-19)18(23)22-13-11-20(12-14-22)17-6-4-5-16(2)15-17/h4-6,15H,3,7-14H2,1-2H3. The molecule has 0 bridgehead atoms. The summed E-state index contributed by atoms with van der Waals surface area (Å²) >= 11 is 0. The molecule has 2 amide bonds. The lowest BCUT2D eigenvalue weighted by atomic mass is 10.2. The van der Waals surface area contributed by atoms with Crippen molar-refractivity contribution in [3.05, 3.63) is 29.8 Å². The molecule has 0 unspecified atom stereocenters. The summed E-state index contributed by atoms with van der Waals surface area (Å²) in [5, 5.41) is 0. The van der Waals surface area contributed by atoms with E-state index in [9.17, 15) is 4.79 Å². The van der Waals surface area contributed by atoms with Crippen molar-refractivity contribution in [2.24, 2.45) is 0 Å². The quantitative estimate of drug-likeness (QED) is 0.834. The van der Waals surface area contributed by atoms with Crippen molar-refractivity contribution in [3.63, 3.8) is 0 Å². The number of piperazine rings is 2. The van der Waals surface area contributed by atoms with Crippen LogP contribution in [0.1, 0.15) is 12.5 Å². The molecule has 0 aromatic heterocycles. The van der Waals surface area contributed by atoms with Crippen molar-refractivity contribution in [3.8, 4) is 0 Å². The van der Waals surface area contributed by atoms with Crippen molar-refractivity contribution in [1.82, 2.24) is 14.7 Å². The van der Waals surface area contributed by atoms with E-state index in [0.717, 1.165) is 58.9 Å². The topological polar surface area (TPSA) is 30.0 Å². The molecule has 2 saturated heterocycles. The van der Waals surface area contributed by atoms with E-state index in [2.05, 4.69) is 47.9 Å². The van der Waals surface area contributed by atoms with Crippen molar-refractivity contribution < 1.29 is 4.79 Å². The van der Waals surface area contributed by atoms with Crippen molar-refractivity contribution in [2.45, 2.75) is 13.8 Å². The second-order valence-corrected chi connectivity index (χ2v) is 6.52. The third-order valence-electron chi connectivity index (χ3n) is 5.01. The minimum Gasteiger partial charge on any atom is -0.368 e. The van der Waals surface area contributed by atoms with E-state index in [-0.39, 0.29) is 6.03 Å². The van der Waals surface area contributed by atoms with Crippen LogP contribution in [0.4, 0.5) is 10.5 Å². The molecule has 3 rings (SSSR count). The van der Waals surface area contributed by atoms with Crippen LogP contribution in [0, 0.1) is 6.92 Å². The van der Waals surface area contributed by atoms with Gasteiger partial charge in [-0.2, -0.15) is 0 Å². The first kappa shape index (κ1) is 16.1. The van der Waals surface area contributed by atoms with E-state index < -0.39 is 0 Å². The Labute approximate surface area is 139 Å². The van der Waals surface area contributed by atoms with Gasteiger partial charge < -0.3 is 19.6 Å². The van der Waals surface area contributed by atoms with Gasteiger partial charge in [-0.15, -0.1) is 0 Å². The molecule has 0 spiro atoms. The average Bonchev–Trinajstić information content (AvgIpc) is 2.61. The van der Waals surface area contributed by atoms with Gasteiger partial charge in [-0.05, 0) is 31.2 Å². The van der Waals surface area contributed by atoms with E-state index in [1.165, 1.54) is 11.3 Å². The molecule has 1 aromatic rings. The monoisotopic (exact) mass is 316 g/mol. The van der Waals surface area contributed by atoms with Gasteiger partial charge in [0.25, 0.3) is 0 Å². The molecular formula is C18H28N4O. The summed E-state index contributed by atoms with van der Waals surface area (Å²) in [6.07, 6.45) is 0. The van der Waals surface area contributed by atoms with E-state index >= 15 is 0 Å². The molecule has 23 heavy (non-hydrogen) atoms. The Morgan fingerprint density at radius 2 is 1.57 bits per heavy atom. The Hall–Kier alpha value is -1.75. The summed E-state index contributed by atoms with van der Waals surface area (Å²) in [5.41, 5.74) is 2.56. The molecule has 2 aliphatic heterocycles. The fourth-order valence-corrected chi connectivity index (χ4v) is 3.44. The van der Waals surface area contributed by atoms with Crippen LogP contribution in [0.25, 0.3) is 0 Å². The number of urea groups is 1. The maximum atomic E-state index is 12.7. The van der Waals surface area contributed by atoms with Crippen LogP contribution in [0.3, 0.4) is 0 Å². The first-order valence-corrected chi connectivity index (χ1v) is 8.75. The Morgan fingerprint density at radius 3 is 2.13 bits per heavy atom. The number of likely N-dealkylation sites (N-methyl/N-ethyl adjacent to an activating group) is 1. The van der Waals surface area contributed by atoms with Crippen LogP contribution in [-0.2, 0) is 0 Å². The first-order valence-electron chi connectivity index (χ1n) is 8.75. The molecule has 0 atom stereocenters. The van der Waals surface area contributed by atoms with Crippen LogP contribution in [-0.4, -0.2) is 79.6 Å². The van der Waals surface area contributed by atoms with Gasteiger partial charge in [-0.3, -0.25) is 0 Å². The Balaban J connectivity index is 1.51. The molecule has 0 saturated carbocycles. The van der Waals surface area contributed by atoms with Crippen LogP contribution in [0.5, 0.6) is 0 Å². The highest BCUT2D eigenvalue weighted by Gasteiger charge is 2.27. The number of rotatable bonds is 2. The third kappa shape index (κ3) is 3.78. The highest BCUT2D eigenvalue weighted by Crippen LogP contribution is 2.18. The molecule has 5 heteroatoms. The summed E-state index contributed by atoms with van der Waals surface area (Å²) in [7, 11) is 0. The zero-order valence-corrected chi connectivity index (χ0v) is 14.4. The van der Waals surface area contributed by atoms with Crippen molar-refractivity contribution in [1.29, 1.82) is 0 Å². The summed E-state index contributed by atoms with van der Waals surface area (Å²) in [6, 6.07) is 8.84. The number of carbonyl (C=O) groups excluding carboxylic acids is 1. The average molecular weight is 316 g/mol. The normalized spacial score (nSPS) is 20.0. The highest BCUT2D eigenvalue weighted by atomic mass is 16.2. The number of aryl methyl sites for hydroxylation is 1. The maximum Gasteiger partial charge on any atom is 0.320 e. The fourth-order valence-electron chi connectivity index (χ4n) is 3.44. The van der Waals surface area contributed by atoms with Gasteiger partial charge >= 0.3 is 6.03 Å². The Bertz CT molecular complexity index is 532. The molecule has 0 aliphatic carbocycles. The minimum absolute atomic E-state index is 0.227. The summed E-state index contributed by atoms with van der Waals surface area (Å²) < 4.78 is 0. The number of anilines is 1. The van der Waals surface area contributed by atoms with Gasteiger partial charge in [0.05, 0.1) is 0 Å². The van der Waals surface area contributed by atoms with Gasteiger partial charge in [0.1, 0.15) is 0 Å². The SMILES string of the molecule is CCN1CCN(C(=O)N2CCN(c3cccc(C)c3)CC2)CC1. The van der Waals surface area contributed by atoms with Crippen molar-refractivity contribution in [2.75, 3.05) is 63.8 Å². The summed E-state index contributed by atoms with van der Waals surface area (Å²) in [5.74, 6) is 0. The highest BCUT2D eigenvalue weighted by molar-refractivity contribution is 5.75. The molecule has 2 aliphatic rings. The molecular weight excluding hydrogens is 288 g/mol. The molecule has 5 nitrogen and oxygen atoms in total. The maximum absolute atomic E-state index is 12.7. The van der Waals surface area contributed by atoms with E-state index in [0.29, 0.717) is 0 Å². The number of hydrogen-bond donors (Lipinski definition) is 0. The lowest BCUT2D eigenvalue weighted by Crippen LogP contribution is -2.56. The third-order valence-corrected chi connectivity index (χ3v) is 5.01. The van der Waals surface area contributed by atoms with Gasteiger partial charge in [0.2, 0.25) is 0 Å². The van der Waals surface area contributed by atoms with Gasteiger partial charge in [0.15, 0.2) is 0 Å². The van der Waals surface area contributed by atoms with Crippen LogP contribution in [0.15, 0.2) is 24.3 Å². The van der Waals surface area contributed by atoms with Gasteiger partial charge in [-0.25, -0.2) is 4.79 Å². The van der Waals surface area contributed by atoms with E-state index in [4.69, 9.17) is 0 Å². The zero-order valence-electron chi connectivity index (χ0n) is 14.4. The molecule has 2 heterocycles. The zero-order chi connectivity index (χ0) is 16.2. The van der Waals surface area contributed by atoms with Crippen LogP contribution in [0.2, 0.25) is 0 Å². The number of amides is 2. The van der Waals surface area contributed by atoms with Gasteiger partial charge in [-0.1, -0.05) is 19.1 Å². The number of hydrogen-bond acceptors (Lipinski definition) is 3. The molecule has 126 valence electrons. The summed E-state index contributed by atoms with van der Waals surface area (Å²) in [4.78, 5) is 21.5. The fraction of sp³-hybridized carbons (Fsp3) is 0.611. The predicted octanol–water partition coefficient (Wildman–Crippen LogP) is 1.87. The number of benzene rings is 1. The van der Waals surface area contributed by atoms with Crippen LogP contribution >= 0.6 is 0 Å². The lowest BCUT2D eigenvalue weighted by Gasteiger charge is -2.41. The van der Waals surface area contributed by atoms with Crippen LogP contribution < -0.4 is 4.90 Å². The Kier molecular flexibility index (Phi) is 5.06. The molecule has 2 fully saturated rings. The molecule has 0 N–H and O–H groups in total. The number of nitrogens with zero attached hydrogens (tertiary/aromatic N) is 4. The second kappa shape index (κ2) is 7.21. The largest absolute Gasteiger partial charge is 0.368 e. The Morgan fingerprint density at radius 1 is 0.957 bits per heavy atom. The second-order valence-electron chi connectivity index (χ2n) is 6.52. The summed E-state index contributed by atoms with van der Waals surface area (Å²) in [6.45, 7) is 12.6. The molecule has 0 radical (unpaired) electrons. The lowest BCUT2D eigenvalue weighted by molar-refractivity contribution is 0.113. The minimum atomic E-state index is 0.227. The van der Waals surface area contributed by atoms with E-state index in [1.54, 1.807) is 0 Å². The molecule has 1 aromatic carbocycles.